The fourth-order valence-electron chi connectivity index (χ4n) is 1.51. The van der Waals surface area contributed by atoms with Crippen LogP contribution in [0, 0.1) is 23.5 Å². The van der Waals surface area contributed by atoms with Crippen LogP contribution in [0.5, 0.6) is 0 Å². The van der Waals surface area contributed by atoms with Crippen LogP contribution < -0.4 is 4.90 Å². The number of rotatable bonds is 4. The monoisotopic (exact) mass is 290 g/mol. The van der Waals surface area contributed by atoms with Crippen molar-refractivity contribution in [1.82, 2.24) is 4.98 Å². The van der Waals surface area contributed by atoms with Gasteiger partial charge in [0.1, 0.15) is 12.2 Å². The lowest BCUT2D eigenvalue weighted by Crippen LogP contribution is -2.36. The summed E-state index contributed by atoms with van der Waals surface area (Å²) in [4.78, 5) is 2.47. The first-order chi connectivity index (χ1) is 8.67. The predicted molar refractivity (Wildman–Crippen MR) is 52.6 cm³/mol. The maximum Gasteiger partial charge on any atom is 0.405 e. The van der Waals surface area contributed by atoms with Gasteiger partial charge in [-0.25, -0.2) is 0 Å². The molecule has 0 aliphatic rings. The van der Waals surface area contributed by atoms with Gasteiger partial charge in [0, 0.05) is 6.54 Å². The van der Waals surface area contributed by atoms with Crippen molar-refractivity contribution >= 4 is 5.69 Å². The smallest absolute Gasteiger partial charge is 0.358 e. The quantitative estimate of drug-likeness (QED) is 0.624. The predicted octanol–water partition coefficient (Wildman–Crippen LogP) is 3.42. The minimum atomic E-state index is -4.77. The molecule has 0 aromatic carbocycles. The Kier molecular flexibility index (Phi) is 4.59. The average Bonchev–Trinajstić information content (AvgIpc) is 2.25. The third-order valence-electron chi connectivity index (χ3n) is 2.15. The molecule has 0 N–H and O–H groups in total. The van der Waals surface area contributed by atoms with E-state index in [9.17, 15) is 30.7 Å². The summed E-state index contributed by atoms with van der Waals surface area (Å²) in [6.07, 6.45) is -4.68. The Labute approximate surface area is 103 Å². The zero-order chi connectivity index (χ0) is 14.8. The van der Waals surface area contributed by atoms with Crippen molar-refractivity contribution in [2.75, 3.05) is 18.0 Å². The molecule has 0 unspecified atom stereocenters. The summed E-state index contributed by atoms with van der Waals surface area (Å²) in [5, 5.41) is 0. The standard InChI is InChI=1S/C10H9F7N2/c1-2-3-19(4-10(15,16)17)7-5(11)8(13)18-9(14)6(7)12/h2-4H2,1H3. The first kappa shape index (κ1) is 15.5. The van der Waals surface area contributed by atoms with Crippen LogP contribution in [0.1, 0.15) is 13.3 Å². The molecule has 2 nitrogen and oxygen atoms in total. The molecule has 1 heterocycles. The molecule has 0 atom stereocenters. The number of halogens is 7. The highest BCUT2D eigenvalue weighted by atomic mass is 19.4. The van der Waals surface area contributed by atoms with Gasteiger partial charge in [-0.2, -0.15) is 35.7 Å². The molecule has 0 saturated carbocycles. The van der Waals surface area contributed by atoms with Crippen molar-refractivity contribution in [2.24, 2.45) is 0 Å². The van der Waals surface area contributed by atoms with Gasteiger partial charge >= 0.3 is 6.18 Å². The van der Waals surface area contributed by atoms with Crippen molar-refractivity contribution in [3.63, 3.8) is 0 Å². The van der Waals surface area contributed by atoms with Crippen LogP contribution in [-0.2, 0) is 0 Å². The minimum Gasteiger partial charge on any atom is -0.358 e. The molecule has 1 aromatic rings. The summed E-state index contributed by atoms with van der Waals surface area (Å²) in [7, 11) is 0. The molecule has 0 aliphatic carbocycles. The Morgan fingerprint density at radius 3 is 1.84 bits per heavy atom. The summed E-state index contributed by atoms with van der Waals surface area (Å²) in [6.45, 7) is -0.694. The molecule has 0 amide bonds. The van der Waals surface area contributed by atoms with E-state index in [1.54, 1.807) is 0 Å². The second-order valence-corrected chi connectivity index (χ2v) is 3.71. The summed E-state index contributed by atoms with van der Waals surface area (Å²) >= 11 is 0. The zero-order valence-electron chi connectivity index (χ0n) is 9.66. The van der Waals surface area contributed by atoms with Gasteiger partial charge in [0.05, 0.1) is 0 Å². The highest BCUT2D eigenvalue weighted by Crippen LogP contribution is 2.29. The van der Waals surface area contributed by atoms with E-state index in [-0.39, 0.29) is 11.3 Å². The Hall–Kier alpha value is -1.54. The van der Waals surface area contributed by atoms with Crippen LogP contribution >= 0.6 is 0 Å². The molecule has 0 bridgehead atoms. The first-order valence-corrected chi connectivity index (χ1v) is 5.19. The Balaban J connectivity index is 3.29. The van der Waals surface area contributed by atoms with Gasteiger partial charge in [-0.1, -0.05) is 6.92 Å². The van der Waals surface area contributed by atoms with E-state index in [2.05, 4.69) is 4.98 Å². The molecule has 0 radical (unpaired) electrons. The lowest BCUT2D eigenvalue weighted by atomic mass is 10.3. The van der Waals surface area contributed by atoms with E-state index in [1.807, 2.05) is 0 Å². The second-order valence-electron chi connectivity index (χ2n) is 3.71. The number of pyridine rings is 1. The fourth-order valence-corrected chi connectivity index (χ4v) is 1.51. The van der Waals surface area contributed by atoms with E-state index < -0.39 is 48.5 Å². The van der Waals surface area contributed by atoms with Gasteiger partial charge in [-0.3, -0.25) is 0 Å². The number of anilines is 1. The van der Waals surface area contributed by atoms with Crippen LogP contribution in [0.15, 0.2) is 0 Å². The van der Waals surface area contributed by atoms with Crippen LogP contribution in [-0.4, -0.2) is 24.2 Å². The van der Waals surface area contributed by atoms with Gasteiger partial charge in [-0.05, 0) is 6.42 Å². The van der Waals surface area contributed by atoms with Crippen LogP contribution in [0.2, 0.25) is 0 Å². The molecule has 108 valence electrons. The zero-order valence-corrected chi connectivity index (χ0v) is 9.66. The molecular weight excluding hydrogens is 281 g/mol. The molecule has 0 spiro atoms. The maximum atomic E-state index is 13.3. The molecule has 19 heavy (non-hydrogen) atoms. The van der Waals surface area contributed by atoms with Crippen molar-refractivity contribution in [3.05, 3.63) is 23.5 Å². The third-order valence-corrected chi connectivity index (χ3v) is 2.15. The number of hydrogen-bond acceptors (Lipinski definition) is 2. The van der Waals surface area contributed by atoms with Gasteiger partial charge in [0.15, 0.2) is 0 Å². The molecule has 1 aromatic heterocycles. The largest absolute Gasteiger partial charge is 0.405 e. The fraction of sp³-hybridized carbons (Fsp3) is 0.500. The van der Waals surface area contributed by atoms with E-state index in [0.717, 1.165) is 0 Å². The Morgan fingerprint density at radius 2 is 1.47 bits per heavy atom. The normalized spacial score (nSPS) is 11.8. The lowest BCUT2D eigenvalue weighted by molar-refractivity contribution is -0.119. The summed E-state index contributed by atoms with van der Waals surface area (Å²) < 4.78 is 89.3. The Bertz CT molecular complexity index is 432. The third kappa shape index (κ3) is 3.71. The molecule has 0 fully saturated rings. The summed E-state index contributed by atoms with van der Waals surface area (Å²) in [5.74, 6) is -7.87. The highest BCUT2D eigenvalue weighted by Gasteiger charge is 2.34. The number of nitrogens with zero attached hydrogens (tertiary/aromatic N) is 2. The summed E-state index contributed by atoms with van der Waals surface area (Å²) in [5.41, 5.74) is -1.40. The van der Waals surface area contributed by atoms with Gasteiger partial charge < -0.3 is 4.90 Å². The van der Waals surface area contributed by atoms with E-state index in [4.69, 9.17) is 0 Å². The van der Waals surface area contributed by atoms with E-state index in [0.29, 0.717) is 0 Å². The minimum absolute atomic E-state index is 0.0977. The molecule has 0 aliphatic heterocycles. The van der Waals surface area contributed by atoms with Gasteiger partial charge in [0.25, 0.3) is 11.9 Å². The molecule has 0 saturated heterocycles. The van der Waals surface area contributed by atoms with Crippen LogP contribution in [0.25, 0.3) is 0 Å². The van der Waals surface area contributed by atoms with Gasteiger partial charge in [-0.15, -0.1) is 0 Å². The second kappa shape index (κ2) is 5.62. The SMILES string of the molecule is CCCN(CC(F)(F)F)c1c(F)c(F)nc(F)c1F. The highest BCUT2D eigenvalue weighted by molar-refractivity contribution is 5.48. The van der Waals surface area contributed by atoms with Crippen molar-refractivity contribution < 1.29 is 30.7 Å². The van der Waals surface area contributed by atoms with Crippen molar-refractivity contribution in [1.29, 1.82) is 0 Å². The molecule has 1 rings (SSSR count). The topological polar surface area (TPSA) is 16.1 Å². The number of hydrogen-bond donors (Lipinski definition) is 0. The molecular formula is C10H9F7N2. The first-order valence-electron chi connectivity index (χ1n) is 5.19. The lowest BCUT2D eigenvalue weighted by Gasteiger charge is -2.26. The number of alkyl halides is 3. The number of aromatic nitrogens is 1. The van der Waals surface area contributed by atoms with Crippen LogP contribution in [0.3, 0.4) is 0 Å². The Morgan fingerprint density at radius 1 is 1.00 bits per heavy atom. The van der Waals surface area contributed by atoms with E-state index in [1.165, 1.54) is 6.92 Å². The molecule has 9 heteroatoms. The van der Waals surface area contributed by atoms with Gasteiger partial charge in [0.2, 0.25) is 11.6 Å². The summed E-state index contributed by atoms with van der Waals surface area (Å²) in [6, 6.07) is 0. The maximum absolute atomic E-state index is 13.3. The van der Waals surface area contributed by atoms with E-state index >= 15 is 0 Å². The van der Waals surface area contributed by atoms with Crippen LogP contribution in [0.4, 0.5) is 36.4 Å². The average molecular weight is 290 g/mol. The van der Waals surface area contributed by atoms with Crippen molar-refractivity contribution in [2.45, 2.75) is 19.5 Å². The van der Waals surface area contributed by atoms with Crippen molar-refractivity contribution in [3.8, 4) is 0 Å².